The first-order chi connectivity index (χ1) is 8.22. The fourth-order valence-electron chi connectivity index (χ4n) is 1.65. The minimum atomic E-state index is -0.437. The van der Waals surface area contributed by atoms with E-state index in [2.05, 4.69) is 9.99 Å². The van der Waals surface area contributed by atoms with E-state index < -0.39 is 5.97 Å². The smallest absolute Gasteiger partial charge is 0.331 e. The van der Waals surface area contributed by atoms with Crippen LogP contribution in [0.25, 0.3) is 0 Å². The number of carbonyl (C=O) groups excluding carboxylic acids is 1. The van der Waals surface area contributed by atoms with Crippen LogP contribution in [0.4, 0.5) is 0 Å². The number of hydrogen-bond acceptors (Lipinski definition) is 5. The van der Waals surface area contributed by atoms with Gasteiger partial charge in [0.1, 0.15) is 0 Å². The summed E-state index contributed by atoms with van der Waals surface area (Å²) in [6, 6.07) is 5.52. The lowest BCUT2D eigenvalue weighted by Crippen LogP contribution is -2.17. The number of ether oxygens (including phenoxy) is 2. The van der Waals surface area contributed by atoms with Crippen molar-refractivity contribution in [1.29, 1.82) is 0 Å². The zero-order valence-corrected chi connectivity index (χ0v) is 9.73. The van der Waals surface area contributed by atoms with E-state index in [0.29, 0.717) is 30.2 Å². The summed E-state index contributed by atoms with van der Waals surface area (Å²) in [4.78, 5) is 15.4. The van der Waals surface area contributed by atoms with E-state index in [1.165, 1.54) is 6.92 Å². The molecule has 1 aliphatic rings. The minimum Gasteiger partial charge on any atom is -0.493 e. The zero-order valence-electron chi connectivity index (χ0n) is 9.73. The third-order valence-electron chi connectivity index (χ3n) is 2.38. The highest BCUT2D eigenvalue weighted by atomic mass is 16.7. The number of benzene rings is 1. The molecule has 1 aromatic carbocycles. The Morgan fingerprint density at radius 3 is 3.00 bits per heavy atom. The van der Waals surface area contributed by atoms with Crippen molar-refractivity contribution in [3.63, 3.8) is 0 Å². The van der Waals surface area contributed by atoms with E-state index in [0.717, 1.165) is 5.56 Å². The second-order valence-corrected chi connectivity index (χ2v) is 3.56. The number of hydrogen-bond donors (Lipinski definition) is 0. The van der Waals surface area contributed by atoms with Gasteiger partial charge in [0.2, 0.25) is 0 Å². The first kappa shape index (κ1) is 11.4. The lowest BCUT2D eigenvalue weighted by atomic mass is 10.0. The van der Waals surface area contributed by atoms with Gasteiger partial charge in [0.05, 0.1) is 19.4 Å². The zero-order chi connectivity index (χ0) is 12.3. The second-order valence-electron chi connectivity index (χ2n) is 3.56. The largest absolute Gasteiger partial charge is 0.493 e. The van der Waals surface area contributed by atoms with Crippen LogP contribution in [-0.4, -0.2) is 25.4 Å². The van der Waals surface area contributed by atoms with Crippen LogP contribution >= 0.6 is 0 Å². The number of fused-ring (bicyclic) bond motifs is 1. The first-order valence-electron chi connectivity index (χ1n) is 5.27. The van der Waals surface area contributed by atoms with Crippen molar-refractivity contribution in [2.75, 3.05) is 13.7 Å². The highest BCUT2D eigenvalue weighted by molar-refractivity contribution is 6.04. The SMILES string of the molecule is COc1cccc2c1OCC/C2=N\OC(C)=O. The monoisotopic (exact) mass is 235 g/mol. The number of carbonyl (C=O) groups is 1. The summed E-state index contributed by atoms with van der Waals surface area (Å²) in [7, 11) is 1.58. The predicted molar refractivity (Wildman–Crippen MR) is 61.4 cm³/mol. The predicted octanol–water partition coefficient (Wildman–Crippen LogP) is 1.74. The topological polar surface area (TPSA) is 57.1 Å². The van der Waals surface area contributed by atoms with Gasteiger partial charge in [-0.2, -0.15) is 0 Å². The lowest BCUT2D eigenvalue weighted by molar-refractivity contribution is -0.140. The highest BCUT2D eigenvalue weighted by Crippen LogP contribution is 2.34. The fraction of sp³-hybridized carbons (Fsp3) is 0.333. The summed E-state index contributed by atoms with van der Waals surface area (Å²) in [5.74, 6) is 0.860. The number of methoxy groups -OCH3 is 1. The van der Waals surface area contributed by atoms with E-state index in [1.807, 2.05) is 18.2 Å². The molecule has 1 heterocycles. The van der Waals surface area contributed by atoms with Crippen LogP contribution in [0.15, 0.2) is 23.4 Å². The van der Waals surface area contributed by atoms with Crippen molar-refractivity contribution in [2.24, 2.45) is 5.16 Å². The molecule has 0 saturated carbocycles. The van der Waals surface area contributed by atoms with Crippen LogP contribution in [0.2, 0.25) is 0 Å². The van der Waals surface area contributed by atoms with Crippen LogP contribution in [0, 0.1) is 0 Å². The van der Waals surface area contributed by atoms with Crippen molar-refractivity contribution in [3.8, 4) is 11.5 Å². The quantitative estimate of drug-likeness (QED) is 0.578. The molecule has 0 radical (unpaired) electrons. The number of nitrogens with zero attached hydrogens (tertiary/aromatic N) is 1. The molecule has 0 fully saturated rings. The maximum Gasteiger partial charge on any atom is 0.331 e. The Labute approximate surface area is 99.0 Å². The van der Waals surface area contributed by atoms with Gasteiger partial charge in [0.15, 0.2) is 11.5 Å². The summed E-state index contributed by atoms with van der Waals surface area (Å²) < 4.78 is 10.7. The van der Waals surface area contributed by atoms with Gasteiger partial charge >= 0.3 is 5.97 Å². The van der Waals surface area contributed by atoms with Gasteiger partial charge in [0.25, 0.3) is 0 Å². The molecule has 90 valence electrons. The van der Waals surface area contributed by atoms with Crippen LogP contribution in [0.3, 0.4) is 0 Å². The third kappa shape index (κ3) is 2.38. The van der Waals surface area contributed by atoms with Gasteiger partial charge in [-0.3, -0.25) is 0 Å². The Balaban J connectivity index is 2.38. The Morgan fingerprint density at radius 1 is 1.47 bits per heavy atom. The molecule has 0 bridgehead atoms. The molecule has 0 amide bonds. The van der Waals surface area contributed by atoms with E-state index >= 15 is 0 Å². The molecule has 0 aromatic heterocycles. The summed E-state index contributed by atoms with van der Waals surface area (Å²) in [6.07, 6.45) is 0.605. The van der Waals surface area contributed by atoms with Gasteiger partial charge in [-0.05, 0) is 12.1 Å². The average Bonchev–Trinajstić information content (AvgIpc) is 2.35. The minimum absolute atomic E-state index is 0.437. The summed E-state index contributed by atoms with van der Waals surface area (Å²) in [6.45, 7) is 1.81. The van der Waals surface area contributed by atoms with E-state index in [4.69, 9.17) is 9.47 Å². The number of para-hydroxylation sites is 1. The van der Waals surface area contributed by atoms with Crippen LogP contribution in [0.1, 0.15) is 18.9 Å². The summed E-state index contributed by atoms with van der Waals surface area (Å²) >= 11 is 0. The van der Waals surface area contributed by atoms with Crippen molar-refractivity contribution < 1.29 is 19.1 Å². The molecule has 5 nitrogen and oxygen atoms in total. The van der Waals surface area contributed by atoms with Crippen LogP contribution < -0.4 is 9.47 Å². The van der Waals surface area contributed by atoms with Gasteiger partial charge in [-0.25, -0.2) is 4.79 Å². The Bertz CT molecular complexity index is 468. The molecular formula is C12H13NO4. The molecular weight excluding hydrogens is 222 g/mol. The van der Waals surface area contributed by atoms with E-state index in [-0.39, 0.29) is 0 Å². The Kier molecular flexibility index (Phi) is 3.27. The molecule has 1 aliphatic heterocycles. The first-order valence-corrected chi connectivity index (χ1v) is 5.27. The fourth-order valence-corrected chi connectivity index (χ4v) is 1.65. The maximum atomic E-state index is 10.7. The highest BCUT2D eigenvalue weighted by Gasteiger charge is 2.21. The van der Waals surface area contributed by atoms with Gasteiger partial charge in [-0.1, -0.05) is 11.2 Å². The molecule has 17 heavy (non-hydrogen) atoms. The Hall–Kier alpha value is -2.04. The normalized spacial score (nSPS) is 16.0. The molecule has 0 N–H and O–H groups in total. The summed E-state index contributed by atoms with van der Waals surface area (Å²) in [5.41, 5.74) is 1.50. The number of oxime groups is 1. The molecule has 5 heteroatoms. The van der Waals surface area contributed by atoms with Crippen molar-refractivity contribution in [3.05, 3.63) is 23.8 Å². The average molecular weight is 235 g/mol. The standard InChI is InChI=1S/C12H13NO4/c1-8(14)17-13-10-6-7-16-12-9(10)4-3-5-11(12)15-2/h3-5H,6-7H2,1-2H3/b13-10+. The van der Waals surface area contributed by atoms with Gasteiger partial charge in [0, 0.05) is 18.9 Å². The molecule has 2 rings (SSSR count). The van der Waals surface area contributed by atoms with Crippen molar-refractivity contribution >= 4 is 11.7 Å². The molecule has 0 spiro atoms. The summed E-state index contributed by atoms with van der Waals surface area (Å²) in [5, 5.41) is 3.83. The third-order valence-corrected chi connectivity index (χ3v) is 2.38. The molecule has 0 saturated heterocycles. The molecule has 0 aliphatic carbocycles. The van der Waals surface area contributed by atoms with Gasteiger partial charge in [-0.15, -0.1) is 0 Å². The molecule has 0 unspecified atom stereocenters. The van der Waals surface area contributed by atoms with Gasteiger partial charge < -0.3 is 14.3 Å². The molecule has 0 atom stereocenters. The molecule has 1 aromatic rings. The van der Waals surface area contributed by atoms with E-state index in [9.17, 15) is 4.79 Å². The van der Waals surface area contributed by atoms with Crippen LogP contribution in [-0.2, 0) is 9.63 Å². The van der Waals surface area contributed by atoms with Crippen LogP contribution in [0.5, 0.6) is 11.5 Å². The second kappa shape index (κ2) is 4.86. The van der Waals surface area contributed by atoms with Crippen molar-refractivity contribution in [2.45, 2.75) is 13.3 Å². The van der Waals surface area contributed by atoms with E-state index in [1.54, 1.807) is 7.11 Å². The maximum absolute atomic E-state index is 10.7. The van der Waals surface area contributed by atoms with Crippen molar-refractivity contribution in [1.82, 2.24) is 0 Å². The lowest BCUT2D eigenvalue weighted by Gasteiger charge is -2.20. The number of rotatable bonds is 2. The Morgan fingerprint density at radius 2 is 2.29 bits per heavy atom.